The lowest BCUT2D eigenvalue weighted by atomic mass is 9.96. The molecule has 2 heterocycles. The van der Waals surface area contributed by atoms with Gasteiger partial charge in [0, 0.05) is 17.6 Å². The van der Waals surface area contributed by atoms with E-state index in [0.29, 0.717) is 0 Å². The highest BCUT2D eigenvalue weighted by Crippen LogP contribution is 2.13. The molecule has 1 fully saturated rings. The minimum absolute atomic E-state index is 0.874. The van der Waals surface area contributed by atoms with Gasteiger partial charge in [-0.05, 0) is 51.7 Å². The van der Waals surface area contributed by atoms with Gasteiger partial charge in [-0.2, -0.15) is 0 Å². The highest BCUT2D eigenvalue weighted by Gasteiger charge is 2.11. The lowest BCUT2D eigenvalue weighted by Gasteiger charge is -2.22. The van der Waals surface area contributed by atoms with Gasteiger partial charge in [-0.1, -0.05) is 0 Å². The monoisotopic (exact) mass is 239 g/mol. The van der Waals surface area contributed by atoms with Crippen LogP contribution in [0.3, 0.4) is 0 Å². The van der Waals surface area contributed by atoms with E-state index in [4.69, 9.17) is 0 Å². The third-order valence-electron chi connectivity index (χ3n) is 3.07. The zero-order chi connectivity index (χ0) is 11.2. The number of aryl methyl sites for hydroxylation is 1. The van der Waals surface area contributed by atoms with Gasteiger partial charge in [0.2, 0.25) is 0 Å². The maximum atomic E-state index is 4.34. The molecule has 0 aromatic carbocycles. The zero-order valence-corrected chi connectivity index (χ0v) is 10.8. The van der Waals surface area contributed by atoms with Crippen molar-refractivity contribution in [1.29, 1.82) is 0 Å². The molecule has 16 heavy (non-hydrogen) atoms. The summed E-state index contributed by atoms with van der Waals surface area (Å²) in [6.07, 6.45) is 5.98. The van der Waals surface area contributed by atoms with Gasteiger partial charge < -0.3 is 10.6 Å². The molecule has 1 saturated heterocycles. The second kappa shape index (κ2) is 6.33. The Labute approximate surface area is 102 Å². The summed E-state index contributed by atoms with van der Waals surface area (Å²) in [7, 11) is 0. The van der Waals surface area contributed by atoms with Crippen LogP contribution in [0.25, 0.3) is 0 Å². The van der Waals surface area contributed by atoms with Crippen molar-refractivity contribution in [2.24, 2.45) is 5.92 Å². The van der Waals surface area contributed by atoms with Gasteiger partial charge in [-0.15, -0.1) is 11.3 Å². The summed E-state index contributed by atoms with van der Waals surface area (Å²) in [4.78, 5) is 5.64. The molecule has 1 aliphatic rings. The first kappa shape index (κ1) is 12.0. The Morgan fingerprint density at radius 3 is 3.25 bits per heavy atom. The number of hydrogen-bond donors (Lipinski definition) is 2. The predicted molar refractivity (Wildman–Crippen MR) is 68.8 cm³/mol. The van der Waals surface area contributed by atoms with Crippen molar-refractivity contribution in [2.75, 3.05) is 19.6 Å². The molecular formula is C12H21N3S. The molecule has 1 aliphatic heterocycles. The van der Waals surface area contributed by atoms with E-state index < -0.39 is 0 Å². The van der Waals surface area contributed by atoms with Gasteiger partial charge in [0.1, 0.15) is 5.01 Å². The fourth-order valence-corrected chi connectivity index (χ4v) is 2.91. The van der Waals surface area contributed by atoms with Crippen molar-refractivity contribution < 1.29 is 0 Å². The summed E-state index contributed by atoms with van der Waals surface area (Å²) in [6.45, 7) is 6.57. The third-order valence-corrected chi connectivity index (χ3v) is 3.99. The fraction of sp³-hybridized carbons (Fsp3) is 0.750. The van der Waals surface area contributed by atoms with Crippen LogP contribution in [0.15, 0.2) is 6.20 Å². The normalized spacial score (nSPS) is 21.2. The van der Waals surface area contributed by atoms with Crippen molar-refractivity contribution in [1.82, 2.24) is 15.6 Å². The largest absolute Gasteiger partial charge is 0.316 e. The van der Waals surface area contributed by atoms with E-state index in [0.717, 1.165) is 19.0 Å². The van der Waals surface area contributed by atoms with Crippen LogP contribution in [-0.4, -0.2) is 24.6 Å². The van der Waals surface area contributed by atoms with Crippen LogP contribution >= 0.6 is 11.3 Å². The number of piperidine rings is 1. The molecule has 2 rings (SSSR count). The molecule has 2 N–H and O–H groups in total. The SMILES string of the molecule is Cc1cnc(CNCCC2CCCNC2)s1. The Morgan fingerprint density at radius 2 is 2.56 bits per heavy atom. The molecule has 90 valence electrons. The first-order valence-electron chi connectivity index (χ1n) is 6.17. The van der Waals surface area contributed by atoms with E-state index in [-0.39, 0.29) is 0 Å². The Kier molecular flexibility index (Phi) is 4.75. The Balaban J connectivity index is 1.57. The third kappa shape index (κ3) is 3.85. The van der Waals surface area contributed by atoms with Crippen LogP contribution in [0, 0.1) is 12.8 Å². The quantitative estimate of drug-likeness (QED) is 0.771. The Morgan fingerprint density at radius 1 is 1.62 bits per heavy atom. The average Bonchev–Trinajstić information content (AvgIpc) is 2.72. The van der Waals surface area contributed by atoms with Crippen molar-refractivity contribution in [2.45, 2.75) is 32.7 Å². The molecule has 0 amide bonds. The molecule has 1 unspecified atom stereocenters. The molecule has 0 radical (unpaired) electrons. The lowest BCUT2D eigenvalue weighted by molar-refractivity contribution is 0.352. The van der Waals surface area contributed by atoms with E-state index in [1.807, 2.05) is 6.20 Å². The van der Waals surface area contributed by atoms with E-state index in [2.05, 4.69) is 22.5 Å². The number of rotatable bonds is 5. The summed E-state index contributed by atoms with van der Waals surface area (Å²) in [5.41, 5.74) is 0. The first-order valence-corrected chi connectivity index (χ1v) is 6.99. The van der Waals surface area contributed by atoms with E-state index >= 15 is 0 Å². The van der Waals surface area contributed by atoms with Crippen LogP contribution in [0.5, 0.6) is 0 Å². The molecule has 0 spiro atoms. The average molecular weight is 239 g/mol. The van der Waals surface area contributed by atoms with Gasteiger partial charge in [0.25, 0.3) is 0 Å². The summed E-state index contributed by atoms with van der Waals surface area (Å²) >= 11 is 1.79. The molecule has 0 aliphatic carbocycles. The maximum Gasteiger partial charge on any atom is 0.107 e. The van der Waals surface area contributed by atoms with Crippen molar-refractivity contribution in [3.05, 3.63) is 16.1 Å². The van der Waals surface area contributed by atoms with Gasteiger partial charge in [-0.25, -0.2) is 4.98 Å². The van der Waals surface area contributed by atoms with Crippen LogP contribution in [0.4, 0.5) is 0 Å². The Hall–Kier alpha value is -0.450. The number of aromatic nitrogens is 1. The van der Waals surface area contributed by atoms with Gasteiger partial charge in [-0.3, -0.25) is 0 Å². The zero-order valence-electron chi connectivity index (χ0n) is 9.96. The number of nitrogens with zero attached hydrogens (tertiary/aromatic N) is 1. The molecule has 0 saturated carbocycles. The van der Waals surface area contributed by atoms with Crippen molar-refractivity contribution >= 4 is 11.3 Å². The van der Waals surface area contributed by atoms with Crippen LogP contribution in [0.1, 0.15) is 29.1 Å². The molecule has 0 bridgehead atoms. The maximum absolute atomic E-state index is 4.34. The predicted octanol–water partition coefficient (Wildman–Crippen LogP) is 1.93. The minimum atomic E-state index is 0.874. The van der Waals surface area contributed by atoms with Crippen LogP contribution in [-0.2, 0) is 6.54 Å². The summed E-state index contributed by atoms with van der Waals surface area (Å²) < 4.78 is 0. The first-order chi connectivity index (χ1) is 7.84. The highest BCUT2D eigenvalue weighted by atomic mass is 32.1. The molecule has 4 heteroatoms. The molecule has 1 aromatic rings. The number of hydrogen-bond acceptors (Lipinski definition) is 4. The number of nitrogens with one attached hydrogen (secondary N) is 2. The smallest absolute Gasteiger partial charge is 0.107 e. The summed E-state index contributed by atoms with van der Waals surface area (Å²) in [5.74, 6) is 0.874. The fourth-order valence-electron chi connectivity index (χ4n) is 2.16. The van der Waals surface area contributed by atoms with E-state index in [1.165, 1.54) is 42.2 Å². The lowest BCUT2D eigenvalue weighted by Crippen LogP contribution is -2.31. The van der Waals surface area contributed by atoms with Crippen LogP contribution in [0.2, 0.25) is 0 Å². The van der Waals surface area contributed by atoms with E-state index in [1.54, 1.807) is 11.3 Å². The molecule has 1 aromatic heterocycles. The molecular weight excluding hydrogens is 218 g/mol. The van der Waals surface area contributed by atoms with Crippen molar-refractivity contribution in [3.8, 4) is 0 Å². The van der Waals surface area contributed by atoms with Gasteiger partial charge >= 0.3 is 0 Å². The van der Waals surface area contributed by atoms with Crippen LogP contribution < -0.4 is 10.6 Å². The van der Waals surface area contributed by atoms with E-state index in [9.17, 15) is 0 Å². The molecule has 1 atom stereocenters. The Bertz CT molecular complexity index is 305. The minimum Gasteiger partial charge on any atom is -0.316 e. The topological polar surface area (TPSA) is 37.0 Å². The molecule has 3 nitrogen and oxygen atoms in total. The van der Waals surface area contributed by atoms with Crippen molar-refractivity contribution in [3.63, 3.8) is 0 Å². The standard InChI is InChI=1S/C12H21N3S/c1-10-7-15-12(16-10)9-14-6-4-11-3-2-5-13-8-11/h7,11,13-14H,2-6,8-9H2,1H3. The highest BCUT2D eigenvalue weighted by molar-refractivity contribution is 7.11. The summed E-state index contributed by atoms with van der Waals surface area (Å²) in [6, 6.07) is 0. The second-order valence-electron chi connectivity index (χ2n) is 4.54. The number of thiazole rings is 1. The summed E-state index contributed by atoms with van der Waals surface area (Å²) in [5, 5.41) is 8.15. The van der Waals surface area contributed by atoms with Gasteiger partial charge in [0.05, 0.1) is 0 Å². The second-order valence-corrected chi connectivity index (χ2v) is 5.86. The van der Waals surface area contributed by atoms with Gasteiger partial charge in [0.15, 0.2) is 0 Å².